The number of piperazine rings is 1. The van der Waals surface area contributed by atoms with E-state index in [1.807, 2.05) is 11.9 Å². The first-order chi connectivity index (χ1) is 13.7. The molecule has 12 heteroatoms. The van der Waals surface area contributed by atoms with E-state index in [4.69, 9.17) is 0 Å². The third-order valence-corrected chi connectivity index (χ3v) is 7.34. The number of aldehydes is 1. The summed E-state index contributed by atoms with van der Waals surface area (Å²) in [6.07, 6.45) is 1.81. The molecule has 0 bridgehead atoms. The normalized spacial score (nSPS) is 20.5. The number of anilines is 2. The Hall–Kier alpha value is -2.70. The van der Waals surface area contributed by atoms with Crippen LogP contribution in [0, 0.1) is 0 Å². The molecule has 2 aliphatic heterocycles. The number of likely N-dealkylation sites (N-methyl/N-ethyl adjacent to an activating group) is 2. The zero-order chi connectivity index (χ0) is 20.9. The molecule has 156 valence electrons. The van der Waals surface area contributed by atoms with Gasteiger partial charge in [0.1, 0.15) is 0 Å². The van der Waals surface area contributed by atoms with Crippen molar-refractivity contribution in [2.45, 2.75) is 0 Å². The summed E-state index contributed by atoms with van der Waals surface area (Å²) in [5, 5.41) is 10.0. The molecule has 0 radical (unpaired) electrons. The van der Waals surface area contributed by atoms with Gasteiger partial charge >= 0.3 is 15.8 Å². The van der Waals surface area contributed by atoms with E-state index in [-0.39, 0.29) is 30.7 Å². The lowest BCUT2D eigenvalue weighted by Gasteiger charge is -2.34. The molecule has 2 aliphatic rings. The number of nitrogens with zero attached hydrogens (tertiary/aromatic N) is 6. The summed E-state index contributed by atoms with van der Waals surface area (Å²) in [6, 6.07) is 1.68. The van der Waals surface area contributed by atoms with Crippen LogP contribution in [-0.4, -0.2) is 91.8 Å². The summed E-state index contributed by atoms with van der Waals surface area (Å²) in [7, 11) is -0.282. The second kappa shape index (κ2) is 6.97. The molecule has 0 unspecified atom stereocenters. The molecule has 0 spiro atoms. The van der Waals surface area contributed by atoms with Crippen LogP contribution in [0.5, 0.6) is 5.75 Å². The van der Waals surface area contributed by atoms with E-state index >= 15 is 0 Å². The minimum atomic E-state index is -3.78. The summed E-state index contributed by atoms with van der Waals surface area (Å²) in [5.41, 5.74) is -0.391. The van der Waals surface area contributed by atoms with Gasteiger partial charge in [-0.3, -0.25) is 18.3 Å². The molecular weight excluding hydrogens is 400 g/mol. The highest BCUT2D eigenvalue weighted by Crippen LogP contribution is 2.32. The molecule has 0 aliphatic carbocycles. The minimum absolute atomic E-state index is 0.00616. The van der Waals surface area contributed by atoms with Gasteiger partial charge in [0.2, 0.25) is 5.75 Å². The number of fused-ring (bicyclic) bond motifs is 1. The number of pyridine rings is 1. The lowest BCUT2D eigenvalue weighted by molar-refractivity contribution is 0.111. The van der Waals surface area contributed by atoms with Crippen molar-refractivity contribution in [3.05, 3.63) is 28.3 Å². The molecule has 0 aromatic carbocycles. The number of rotatable bonds is 3. The first-order valence-electron chi connectivity index (χ1n) is 9.16. The third kappa shape index (κ3) is 3.12. The molecule has 2 aromatic rings. The highest BCUT2D eigenvalue weighted by molar-refractivity contribution is 7.90. The SMILES string of the molecule is CN1CCN(c2cc(N3CCN(C)S3(=O)=O)c3nc(C=O)c(O)c(=O)n3c2)CC1. The maximum absolute atomic E-state index is 12.8. The van der Waals surface area contributed by atoms with Gasteiger partial charge in [-0.05, 0) is 13.1 Å². The van der Waals surface area contributed by atoms with E-state index < -0.39 is 27.2 Å². The van der Waals surface area contributed by atoms with Crippen molar-refractivity contribution in [3.63, 3.8) is 0 Å². The topological polar surface area (TPSA) is 119 Å². The van der Waals surface area contributed by atoms with E-state index in [1.165, 1.54) is 21.9 Å². The van der Waals surface area contributed by atoms with Gasteiger partial charge in [-0.2, -0.15) is 12.7 Å². The van der Waals surface area contributed by atoms with Crippen LogP contribution in [0.3, 0.4) is 0 Å². The number of aromatic hydroxyl groups is 1. The van der Waals surface area contributed by atoms with E-state index in [1.54, 1.807) is 6.07 Å². The molecule has 2 fully saturated rings. The summed E-state index contributed by atoms with van der Waals surface area (Å²) >= 11 is 0. The van der Waals surface area contributed by atoms with E-state index in [0.717, 1.165) is 17.5 Å². The number of carbonyl (C=O) groups is 1. The molecule has 4 heterocycles. The predicted molar refractivity (Wildman–Crippen MR) is 107 cm³/mol. The Bertz CT molecular complexity index is 1140. The average molecular weight is 422 g/mol. The first-order valence-corrected chi connectivity index (χ1v) is 10.6. The van der Waals surface area contributed by atoms with Gasteiger partial charge in [-0.15, -0.1) is 0 Å². The average Bonchev–Trinajstić information content (AvgIpc) is 2.97. The maximum Gasteiger partial charge on any atom is 0.304 e. The molecule has 0 atom stereocenters. The Kier molecular flexibility index (Phi) is 4.71. The van der Waals surface area contributed by atoms with E-state index in [2.05, 4.69) is 9.88 Å². The smallest absolute Gasteiger partial charge is 0.304 e. The Balaban J connectivity index is 1.97. The fourth-order valence-corrected chi connectivity index (χ4v) is 4.94. The van der Waals surface area contributed by atoms with Gasteiger partial charge < -0.3 is 14.9 Å². The lowest BCUT2D eigenvalue weighted by Crippen LogP contribution is -2.44. The van der Waals surface area contributed by atoms with Crippen molar-refractivity contribution >= 4 is 33.5 Å². The third-order valence-electron chi connectivity index (χ3n) is 5.43. The molecule has 2 aromatic heterocycles. The van der Waals surface area contributed by atoms with Crippen molar-refractivity contribution in [3.8, 4) is 5.75 Å². The second-order valence-electron chi connectivity index (χ2n) is 7.24. The summed E-state index contributed by atoms with van der Waals surface area (Å²) in [5.74, 6) is -0.764. The van der Waals surface area contributed by atoms with Gasteiger partial charge in [0.05, 0.1) is 11.4 Å². The van der Waals surface area contributed by atoms with Crippen molar-refractivity contribution in [1.29, 1.82) is 0 Å². The van der Waals surface area contributed by atoms with Crippen LogP contribution in [0.1, 0.15) is 10.5 Å². The summed E-state index contributed by atoms with van der Waals surface area (Å²) in [6.45, 7) is 3.52. The molecule has 11 nitrogen and oxygen atoms in total. The minimum Gasteiger partial charge on any atom is -0.501 e. The van der Waals surface area contributed by atoms with Crippen LogP contribution < -0.4 is 14.8 Å². The van der Waals surface area contributed by atoms with Gasteiger partial charge in [0.15, 0.2) is 17.6 Å². The largest absolute Gasteiger partial charge is 0.501 e. The summed E-state index contributed by atoms with van der Waals surface area (Å²) < 4.78 is 29.0. The molecule has 1 N–H and O–H groups in total. The van der Waals surface area contributed by atoms with Crippen LogP contribution in [0.15, 0.2) is 17.1 Å². The molecule has 2 saturated heterocycles. The zero-order valence-electron chi connectivity index (χ0n) is 16.1. The number of aromatic nitrogens is 2. The maximum atomic E-state index is 12.8. The first kappa shape index (κ1) is 19.6. The molecule has 0 saturated carbocycles. The van der Waals surface area contributed by atoms with Crippen LogP contribution >= 0.6 is 0 Å². The van der Waals surface area contributed by atoms with Crippen LogP contribution in [0.2, 0.25) is 0 Å². The number of hydrogen-bond acceptors (Lipinski definition) is 8. The second-order valence-corrected chi connectivity index (χ2v) is 9.20. The highest BCUT2D eigenvalue weighted by Gasteiger charge is 2.36. The number of hydrogen-bond donors (Lipinski definition) is 1. The molecular formula is C17H22N6O5S. The monoisotopic (exact) mass is 422 g/mol. The van der Waals surface area contributed by atoms with Crippen molar-refractivity contribution in [2.75, 3.05) is 62.6 Å². The Morgan fingerprint density at radius 1 is 1.10 bits per heavy atom. The standard InChI is InChI=1S/C17H22N6O5S/c1-19-3-6-21(7-4-19)12-9-14(23-8-5-20(2)29(23,27)28)16-18-13(11-24)15(25)17(26)22(16)10-12/h9-11,25H,3-8H2,1-2H3. The van der Waals surface area contributed by atoms with E-state index in [9.17, 15) is 23.1 Å². The Morgan fingerprint density at radius 2 is 1.79 bits per heavy atom. The van der Waals surface area contributed by atoms with Gasteiger partial charge in [-0.25, -0.2) is 4.98 Å². The zero-order valence-corrected chi connectivity index (χ0v) is 17.0. The van der Waals surface area contributed by atoms with Crippen LogP contribution in [-0.2, 0) is 10.2 Å². The van der Waals surface area contributed by atoms with Gasteiger partial charge in [0, 0.05) is 52.5 Å². The number of carbonyl (C=O) groups excluding carboxylic acids is 1. The van der Waals surface area contributed by atoms with Crippen molar-refractivity contribution in [2.24, 2.45) is 0 Å². The van der Waals surface area contributed by atoms with E-state index in [0.29, 0.717) is 18.8 Å². The predicted octanol–water partition coefficient (Wildman–Crippen LogP) is -1.04. The summed E-state index contributed by atoms with van der Waals surface area (Å²) in [4.78, 5) is 32.3. The molecule has 4 rings (SSSR count). The fourth-order valence-electron chi connectivity index (χ4n) is 3.59. The highest BCUT2D eigenvalue weighted by atomic mass is 32.2. The van der Waals surface area contributed by atoms with Crippen molar-refractivity contribution in [1.82, 2.24) is 18.6 Å². The van der Waals surface area contributed by atoms with Crippen LogP contribution in [0.25, 0.3) is 5.65 Å². The Morgan fingerprint density at radius 3 is 2.38 bits per heavy atom. The van der Waals surface area contributed by atoms with Crippen molar-refractivity contribution < 1.29 is 18.3 Å². The quantitative estimate of drug-likeness (QED) is 0.623. The molecule has 0 amide bonds. The van der Waals surface area contributed by atoms with Gasteiger partial charge in [-0.1, -0.05) is 0 Å². The lowest BCUT2D eigenvalue weighted by atomic mass is 10.2. The molecule has 29 heavy (non-hydrogen) atoms. The fraction of sp³-hybridized carbons (Fsp3) is 0.471. The van der Waals surface area contributed by atoms with Crippen LogP contribution in [0.4, 0.5) is 11.4 Å². The Labute approximate surface area is 167 Å². The van der Waals surface area contributed by atoms with Gasteiger partial charge in [0.25, 0.3) is 0 Å².